The van der Waals surface area contributed by atoms with Crippen LogP contribution in [0.2, 0.25) is 0 Å². The van der Waals surface area contributed by atoms with E-state index < -0.39 is 0 Å². The van der Waals surface area contributed by atoms with E-state index in [2.05, 4.69) is 9.97 Å². The second-order valence-corrected chi connectivity index (χ2v) is 3.74. The van der Waals surface area contributed by atoms with Gasteiger partial charge in [0.25, 0.3) is 0 Å². The first kappa shape index (κ1) is 13.1. The Bertz CT molecular complexity index is 561. The van der Waals surface area contributed by atoms with E-state index in [-0.39, 0.29) is 18.2 Å². The van der Waals surface area contributed by atoms with E-state index in [4.69, 9.17) is 20.3 Å². The lowest BCUT2D eigenvalue weighted by atomic mass is 10.2. The Labute approximate surface area is 110 Å². The molecule has 0 saturated heterocycles. The number of aromatic nitrogens is 2. The highest BCUT2D eigenvalue weighted by Crippen LogP contribution is 2.30. The maximum Gasteiger partial charge on any atom is 0.249 e. The van der Waals surface area contributed by atoms with Crippen molar-refractivity contribution >= 4 is 5.69 Å². The molecule has 0 radical (unpaired) electrons. The predicted molar refractivity (Wildman–Crippen MR) is 70.1 cm³/mol. The maximum absolute atomic E-state index is 9.07. The minimum Gasteiger partial charge on any atom is -0.476 e. The van der Waals surface area contributed by atoms with Crippen LogP contribution < -0.4 is 15.2 Å². The molecule has 3 N–H and O–H groups in total. The van der Waals surface area contributed by atoms with E-state index >= 15 is 0 Å². The average Bonchev–Trinajstić information content (AvgIpc) is 2.44. The van der Waals surface area contributed by atoms with Crippen LogP contribution in [-0.4, -0.2) is 21.7 Å². The second-order valence-electron chi connectivity index (χ2n) is 3.74. The lowest BCUT2D eigenvalue weighted by molar-refractivity contribution is 0.281. The van der Waals surface area contributed by atoms with Crippen molar-refractivity contribution in [2.45, 2.75) is 13.5 Å². The number of aliphatic hydroxyl groups is 1. The summed E-state index contributed by atoms with van der Waals surface area (Å²) in [6.45, 7) is 2.24. The maximum atomic E-state index is 9.07. The zero-order chi connectivity index (χ0) is 13.7. The van der Waals surface area contributed by atoms with Crippen molar-refractivity contribution in [1.29, 1.82) is 0 Å². The molecule has 6 nitrogen and oxygen atoms in total. The first-order chi connectivity index (χ1) is 9.24. The number of hydrogen-bond acceptors (Lipinski definition) is 6. The Morgan fingerprint density at radius 1 is 1.26 bits per heavy atom. The van der Waals surface area contributed by atoms with Gasteiger partial charge in [-0.25, -0.2) is 0 Å². The van der Waals surface area contributed by atoms with Gasteiger partial charge in [-0.3, -0.25) is 0 Å². The zero-order valence-corrected chi connectivity index (χ0v) is 10.5. The molecule has 2 aromatic rings. The summed E-state index contributed by atoms with van der Waals surface area (Å²) in [5.41, 5.74) is 6.86. The topological polar surface area (TPSA) is 90.5 Å². The summed E-state index contributed by atoms with van der Waals surface area (Å²) in [5, 5.41) is 9.07. The number of aliphatic hydroxyl groups excluding tert-OH is 1. The van der Waals surface area contributed by atoms with Crippen LogP contribution in [0.4, 0.5) is 5.69 Å². The van der Waals surface area contributed by atoms with Crippen molar-refractivity contribution in [3.63, 3.8) is 0 Å². The monoisotopic (exact) mass is 261 g/mol. The number of nitrogens with zero attached hydrogens (tertiary/aromatic N) is 2. The largest absolute Gasteiger partial charge is 0.476 e. The molecular formula is C13H15N3O3. The molecule has 0 amide bonds. The van der Waals surface area contributed by atoms with Crippen molar-refractivity contribution in [3.05, 3.63) is 36.2 Å². The summed E-state index contributed by atoms with van der Waals surface area (Å²) in [7, 11) is 0. The normalized spacial score (nSPS) is 10.2. The highest BCUT2D eigenvalue weighted by molar-refractivity contribution is 5.56. The van der Waals surface area contributed by atoms with Gasteiger partial charge >= 0.3 is 0 Å². The van der Waals surface area contributed by atoms with Crippen LogP contribution in [0.1, 0.15) is 12.5 Å². The molecule has 100 valence electrons. The number of benzene rings is 1. The van der Waals surface area contributed by atoms with Gasteiger partial charge in [-0.15, -0.1) is 0 Å². The molecule has 1 aromatic carbocycles. The molecule has 0 unspecified atom stereocenters. The Morgan fingerprint density at radius 2 is 2.05 bits per heavy atom. The third kappa shape index (κ3) is 3.11. The van der Waals surface area contributed by atoms with Gasteiger partial charge in [0.1, 0.15) is 12.1 Å². The third-order valence-electron chi connectivity index (χ3n) is 2.39. The number of anilines is 1. The minimum absolute atomic E-state index is 0.0549. The predicted octanol–water partition coefficient (Wildman–Crippen LogP) is 1.74. The summed E-state index contributed by atoms with van der Waals surface area (Å²) in [6, 6.07) is 7.03. The van der Waals surface area contributed by atoms with Crippen LogP contribution in [-0.2, 0) is 6.61 Å². The highest BCUT2D eigenvalue weighted by Gasteiger charge is 2.11. The van der Waals surface area contributed by atoms with Crippen molar-refractivity contribution < 1.29 is 14.6 Å². The summed E-state index contributed by atoms with van der Waals surface area (Å²) >= 11 is 0. The fourth-order valence-electron chi connectivity index (χ4n) is 1.52. The molecule has 1 aromatic heterocycles. The smallest absolute Gasteiger partial charge is 0.249 e. The molecule has 0 aliphatic carbocycles. The van der Waals surface area contributed by atoms with Crippen LogP contribution in [0.15, 0.2) is 30.6 Å². The van der Waals surface area contributed by atoms with Crippen molar-refractivity contribution in [1.82, 2.24) is 9.97 Å². The van der Waals surface area contributed by atoms with Crippen LogP contribution in [0.3, 0.4) is 0 Å². The molecule has 0 bridgehead atoms. The first-order valence-electron chi connectivity index (χ1n) is 5.85. The molecule has 0 aliphatic heterocycles. The first-order valence-corrected chi connectivity index (χ1v) is 5.85. The van der Waals surface area contributed by atoms with Crippen LogP contribution in [0, 0.1) is 0 Å². The summed E-state index contributed by atoms with van der Waals surface area (Å²) in [6.07, 6.45) is 1.33. The average molecular weight is 261 g/mol. The standard InChI is InChI=1S/C13H15N3O3/c1-2-18-12-11(14)13(16-8-15-12)19-10-5-3-4-9(6-10)7-17/h3-6,8,17H,2,7,14H2,1H3. The Morgan fingerprint density at radius 3 is 2.79 bits per heavy atom. The van der Waals surface area contributed by atoms with E-state index in [9.17, 15) is 0 Å². The molecule has 19 heavy (non-hydrogen) atoms. The fraction of sp³-hybridized carbons (Fsp3) is 0.231. The van der Waals surface area contributed by atoms with Gasteiger partial charge in [0.2, 0.25) is 11.8 Å². The second kappa shape index (κ2) is 6.01. The van der Waals surface area contributed by atoms with Crippen LogP contribution in [0.25, 0.3) is 0 Å². The summed E-state index contributed by atoms with van der Waals surface area (Å²) in [4.78, 5) is 7.90. The lowest BCUT2D eigenvalue weighted by Crippen LogP contribution is -2.03. The SMILES string of the molecule is CCOc1ncnc(Oc2cccc(CO)c2)c1N. The lowest BCUT2D eigenvalue weighted by Gasteiger charge is -2.10. The Kier molecular flexibility index (Phi) is 4.15. The molecule has 1 heterocycles. The Balaban J connectivity index is 2.25. The van der Waals surface area contributed by atoms with Crippen molar-refractivity contribution in [3.8, 4) is 17.5 Å². The zero-order valence-electron chi connectivity index (χ0n) is 10.5. The fourth-order valence-corrected chi connectivity index (χ4v) is 1.52. The number of hydrogen-bond donors (Lipinski definition) is 2. The van der Waals surface area contributed by atoms with Crippen molar-refractivity contribution in [2.75, 3.05) is 12.3 Å². The van der Waals surface area contributed by atoms with Crippen molar-refractivity contribution in [2.24, 2.45) is 0 Å². The molecule has 6 heteroatoms. The summed E-state index contributed by atoms with van der Waals surface area (Å²) in [5.74, 6) is 1.07. The molecule has 0 atom stereocenters. The Hall–Kier alpha value is -2.34. The minimum atomic E-state index is -0.0549. The van der Waals surface area contributed by atoms with Gasteiger partial charge < -0.3 is 20.3 Å². The number of nitrogens with two attached hydrogens (primary N) is 1. The molecule has 0 spiro atoms. The van der Waals surface area contributed by atoms with E-state index in [1.165, 1.54) is 6.33 Å². The molecular weight excluding hydrogens is 246 g/mol. The number of ether oxygens (including phenoxy) is 2. The van der Waals surface area contributed by atoms with Gasteiger partial charge in [0, 0.05) is 0 Å². The van der Waals surface area contributed by atoms with E-state index in [1.807, 2.05) is 6.92 Å². The third-order valence-corrected chi connectivity index (χ3v) is 2.39. The number of rotatable bonds is 5. The molecule has 0 fully saturated rings. The van der Waals surface area contributed by atoms with E-state index in [0.717, 1.165) is 5.56 Å². The molecule has 2 rings (SSSR count). The summed E-state index contributed by atoms with van der Waals surface area (Å²) < 4.78 is 10.8. The quantitative estimate of drug-likeness (QED) is 0.852. The van der Waals surface area contributed by atoms with Gasteiger partial charge in [-0.2, -0.15) is 9.97 Å². The molecule has 0 aliphatic rings. The number of nitrogen functional groups attached to an aromatic ring is 1. The van der Waals surface area contributed by atoms with Gasteiger partial charge in [-0.05, 0) is 24.6 Å². The van der Waals surface area contributed by atoms with Gasteiger partial charge in [-0.1, -0.05) is 12.1 Å². The highest BCUT2D eigenvalue weighted by atomic mass is 16.5. The van der Waals surface area contributed by atoms with Crippen LogP contribution in [0.5, 0.6) is 17.5 Å². The molecule has 0 saturated carbocycles. The van der Waals surface area contributed by atoms with Crippen LogP contribution >= 0.6 is 0 Å². The van der Waals surface area contributed by atoms with Gasteiger partial charge in [0.15, 0.2) is 5.69 Å². The van der Waals surface area contributed by atoms with E-state index in [0.29, 0.717) is 18.2 Å². The van der Waals surface area contributed by atoms with Gasteiger partial charge in [0.05, 0.1) is 13.2 Å². The van der Waals surface area contributed by atoms with E-state index in [1.54, 1.807) is 24.3 Å².